The van der Waals surface area contributed by atoms with E-state index in [1.54, 1.807) is 31.0 Å². The molecule has 0 saturated carbocycles. The summed E-state index contributed by atoms with van der Waals surface area (Å²) in [4.78, 5) is 13.1. The molecule has 136 valence electrons. The van der Waals surface area contributed by atoms with Gasteiger partial charge in [0.1, 0.15) is 11.6 Å². The zero-order chi connectivity index (χ0) is 18.8. The van der Waals surface area contributed by atoms with Gasteiger partial charge in [-0.15, -0.1) is 5.10 Å². The first kappa shape index (κ1) is 16.6. The van der Waals surface area contributed by atoms with Gasteiger partial charge in [0.05, 0.1) is 19.9 Å². The number of hydrogen-bond donors (Lipinski definition) is 2. The van der Waals surface area contributed by atoms with E-state index in [4.69, 9.17) is 15.2 Å². The van der Waals surface area contributed by atoms with Crippen LogP contribution in [0.1, 0.15) is 0 Å². The fraction of sp³-hybridized carbons (Fsp3) is 0.111. The van der Waals surface area contributed by atoms with Gasteiger partial charge < -0.3 is 20.5 Å². The first-order valence-corrected chi connectivity index (χ1v) is 8.10. The molecule has 0 aliphatic carbocycles. The van der Waals surface area contributed by atoms with Crippen LogP contribution in [0.3, 0.4) is 0 Å². The van der Waals surface area contributed by atoms with Crippen LogP contribution in [0.5, 0.6) is 11.6 Å². The van der Waals surface area contributed by atoms with E-state index < -0.39 is 0 Å². The predicted octanol–water partition coefficient (Wildman–Crippen LogP) is 2.53. The largest absolute Gasteiger partial charge is 0.491 e. The van der Waals surface area contributed by atoms with E-state index in [1.807, 2.05) is 36.5 Å². The lowest BCUT2D eigenvalue weighted by atomic mass is 10.2. The van der Waals surface area contributed by atoms with E-state index in [-0.39, 0.29) is 0 Å². The molecule has 0 amide bonds. The molecule has 0 radical (unpaired) electrons. The molecule has 27 heavy (non-hydrogen) atoms. The Balaban J connectivity index is 1.66. The molecule has 4 aromatic rings. The van der Waals surface area contributed by atoms with Crippen LogP contribution in [0.15, 0.2) is 48.8 Å². The molecule has 0 aromatic carbocycles. The number of hydrogen-bond acceptors (Lipinski definition) is 8. The van der Waals surface area contributed by atoms with Gasteiger partial charge in [-0.3, -0.25) is 0 Å². The van der Waals surface area contributed by atoms with Crippen molar-refractivity contribution in [2.45, 2.75) is 0 Å². The minimum absolute atomic E-state index is 0.424. The van der Waals surface area contributed by atoms with Crippen LogP contribution >= 0.6 is 0 Å². The Bertz CT molecular complexity index is 1110. The summed E-state index contributed by atoms with van der Waals surface area (Å²) < 4.78 is 12.2. The minimum Gasteiger partial charge on any atom is -0.491 e. The molecule has 0 aliphatic rings. The van der Waals surface area contributed by atoms with Crippen LogP contribution in [-0.4, -0.2) is 38.8 Å². The number of pyridine rings is 2. The summed E-state index contributed by atoms with van der Waals surface area (Å²) in [6.07, 6.45) is 3.51. The standard InChI is InChI=1S/C18H17N7O2/c1-26-13-8-11(10-20-18(13)27-2)12-6-7-25-17(21-12)9-16(24-25)23-15-5-3-4-14(19)22-15/h3-10H,1-2H3,(H3,19,22,23,24). The Morgan fingerprint density at radius 1 is 1.04 bits per heavy atom. The molecule has 0 fully saturated rings. The summed E-state index contributed by atoms with van der Waals surface area (Å²) in [5.74, 6) is 2.63. The van der Waals surface area contributed by atoms with Crippen molar-refractivity contribution in [1.82, 2.24) is 24.6 Å². The molecule has 9 nitrogen and oxygen atoms in total. The number of fused-ring (bicyclic) bond motifs is 1. The second kappa shape index (κ2) is 6.79. The first-order valence-electron chi connectivity index (χ1n) is 8.10. The lowest BCUT2D eigenvalue weighted by Crippen LogP contribution is -1.97. The van der Waals surface area contributed by atoms with E-state index >= 15 is 0 Å². The van der Waals surface area contributed by atoms with Gasteiger partial charge in [-0.05, 0) is 24.3 Å². The van der Waals surface area contributed by atoms with Crippen molar-refractivity contribution in [3.63, 3.8) is 0 Å². The van der Waals surface area contributed by atoms with Crippen molar-refractivity contribution in [2.24, 2.45) is 0 Å². The van der Waals surface area contributed by atoms with Gasteiger partial charge in [0.25, 0.3) is 5.88 Å². The Morgan fingerprint density at radius 3 is 2.70 bits per heavy atom. The Hall–Kier alpha value is -3.88. The minimum atomic E-state index is 0.424. The maximum Gasteiger partial charge on any atom is 0.256 e. The number of methoxy groups -OCH3 is 2. The number of ether oxygens (including phenoxy) is 2. The van der Waals surface area contributed by atoms with Crippen LogP contribution < -0.4 is 20.5 Å². The topological polar surface area (TPSA) is 112 Å². The Kier molecular flexibility index (Phi) is 4.17. The van der Waals surface area contributed by atoms with Gasteiger partial charge in [-0.1, -0.05) is 6.07 Å². The smallest absolute Gasteiger partial charge is 0.256 e. The van der Waals surface area contributed by atoms with Gasteiger partial charge in [-0.2, -0.15) is 0 Å². The molecular weight excluding hydrogens is 346 g/mol. The van der Waals surface area contributed by atoms with Gasteiger partial charge in [0.15, 0.2) is 17.2 Å². The lowest BCUT2D eigenvalue weighted by Gasteiger charge is -2.08. The quantitative estimate of drug-likeness (QED) is 0.556. The molecule has 3 N–H and O–H groups in total. The van der Waals surface area contributed by atoms with Crippen molar-refractivity contribution in [2.75, 3.05) is 25.3 Å². The number of nitrogens with one attached hydrogen (secondary N) is 1. The number of nitrogens with two attached hydrogens (primary N) is 1. The van der Waals surface area contributed by atoms with Crippen molar-refractivity contribution in [3.8, 4) is 22.9 Å². The molecule has 4 rings (SSSR count). The fourth-order valence-electron chi connectivity index (χ4n) is 2.63. The number of aromatic nitrogens is 5. The molecule has 0 atom stereocenters. The summed E-state index contributed by atoms with van der Waals surface area (Å²) in [6.45, 7) is 0. The third-order valence-electron chi connectivity index (χ3n) is 3.88. The molecule has 0 saturated heterocycles. The van der Waals surface area contributed by atoms with Crippen molar-refractivity contribution in [1.29, 1.82) is 0 Å². The first-order chi connectivity index (χ1) is 13.2. The summed E-state index contributed by atoms with van der Waals surface area (Å²) in [6, 6.07) is 10.9. The maximum atomic E-state index is 5.70. The van der Waals surface area contributed by atoms with Crippen molar-refractivity contribution < 1.29 is 9.47 Å². The van der Waals surface area contributed by atoms with E-state index in [0.717, 1.165) is 11.3 Å². The highest BCUT2D eigenvalue weighted by Crippen LogP contribution is 2.29. The van der Waals surface area contributed by atoms with E-state index in [9.17, 15) is 0 Å². The van der Waals surface area contributed by atoms with Crippen molar-refractivity contribution >= 4 is 23.1 Å². The number of nitrogen functional groups attached to an aromatic ring is 1. The van der Waals surface area contributed by atoms with Gasteiger partial charge in [-0.25, -0.2) is 19.5 Å². The summed E-state index contributed by atoms with van der Waals surface area (Å²) >= 11 is 0. The van der Waals surface area contributed by atoms with E-state index in [1.165, 1.54) is 0 Å². The lowest BCUT2D eigenvalue weighted by molar-refractivity contribution is 0.343. The molecule has 0 unspecified atom stereocenters. The van der Waals surface area contributed by atoms with Crippen LogP contribution in [0, 0.1) is 0 Å². The van der Waals surface area contributed by atoms with Crippen molar-refractivity contribution in [3.05, 3.63) is 48.8 Å². The third kappa shape index (κ3) is 3.30. The highest BCUT2D eigenvalue weighted by atomic mass is 16.5. The Labute approximate surface area is 154 Å². The molecule has 0 spiro atoms. The number of anilines is 3. The molecular formula is C18H17N7O2. The number of nitrogens with zero attached hydrogens (tertiary/aromatic N) is 5. The van der Waals surface area contributed by atoms with Crippen LogP contribution in [0.25, 0.3) is 16.9 Å². The number of rotatable bonds is 5. The molecule has 0 aliphatic heterocycles. The zero-order valence-corrected chi connectivity index (χ0v) is 14.7. The third-order valence-corrected chi connectivity index (χ3v) is 3.88. The van der Waals surface area contributed by atoms with Gasteiger partial charge in [0, 0.05) is 24.0 Å². The molecule has 0 bridgehead atoms. The fourth-order valence-corrected chi connectivity index (χ4v) is 2.63. The normalized spacial score (nSPS) is 10.7. The summed E-state index contributed by atoms with van der Waals surface area (Å²) in [5.41, 5.74) is 7.93. The van der Waals surface area contributed by atoms with Crippen LogP contribution in [-0.2, 0) is 0 Å². The van der Waals surface area contributed by atoms with Gasteiger partial charge >= 0.3 is 0 Å². The highest BCUT2D eigenvalue weighted by Gasteiger charge is 2.11. The highest BCUT2D eigenvalue weighted by molar-refractivity contribution is 5.65. The molecule has 4 heterocycles. The van der Waals surface area contributed by atoms with Crippen LogP contribution in [0.2, 0.25) is 0 Å². The zero-order valence-electron chi connectivity index (χ0n) is 14.7. The average molecular weight is 363 g/mol. The summed E-state index contributed by atoms with van der Waals surface area (Å²) in [5, 5.41) is 7.55. The maximum absolute atomic E-state index is 5.70. The second-order valence-corrected chi connectivity index (χ2v) is 5.65. The summed E-state index contributed by atoms with van der Waals surface area (Å²) in [7, 11) is 3.12. The van der Waals surface area contributed by atoms with E-state index in [0.29, 0.717) is 34.7 Å². The average Bonchev–Trinajstić information content (AvgIpc) is 3.08. The SMILES string of the molecule is COc1cc(-c2ccn3nc(Nc4cccc(N)n4)cc3n2)cnc1OC. The Morgan fingerprint density at radius 2 is 1.93 bits per heavy atom. The van der Waals surface area contributed by atoms with E-state index in [2.05, 4.69) is 25.4 Å². The second-order valence-electron chi connectivity index (χ2n) is 5.65. The monoisotopic (exact) mass is 363 g/mol. The predicted molar refractivity (Wildman–Crippen MR) is 101 cm³/mol. The van der Waals surface area contributed by atoms with Crippen LogP contribution in [0.4, 0.5) is 17.5 Å². The molecule has 9 heteroatoms. The molecule has 4 aromatic heterocycles. The van der Waals surface area contributed by atoms with Gasteiger partial charge in [0.2, 0.25) is 0 Å².